The fourth-order valence-electron chi connectivity index (χ4n) is 3.99. The molecule has 2 fully saturated rings. The zero-order valence-corrected chi connectivity index (χ0v) is 10.6. The summed E-state index contributed by atoms with van der Waals surface area (Å²) in [4.78, 5) is 8.31. The maximum absolute atomic E-state index is 5.76. The summed E-state index contributed by atoms with van der Waals surface area (Å²) in [7, 11) is 0. The largest absolute Gasteiger partial charge is 0.390 e. The second-order valence-corrected chi connectivity index (χ2v) is 5.59. The van der Waals surface area contributed by atoms with E-state index in [4.69, 9.17) is 4.84 Å². The highest BCUT2D eigenvalue weighted by Gasteiger charge is 2.57. The number of likely N-dealkylation sites (N-methyl/N-ethyl adjacent to an activating group) is 1. The fourth-order valence-corrected chi connectivity index (χ4v) is 3.99. The van der Waals surface area contributed by atoms with E-state index in [1.54, 1.807) is 0 Å². The molecule has 2 bridgehead atoms. The monoisotopic (exact) mass is 242 g/mol. The number of benzene rings is 1. The summed E-state index contributed by atoms with van der Waals surface area (Å²) in [6.07, 6.45) is 1.59. The minimum atomic E-state index is 0.305. The Morgan fingerprint density at radius 2 is 2.17 bits per heavy atom. The van der Waals surface area contributed by atoms with E-state index in [-0.39, 0.29) is 0 Å². The Morgan fingerprint density at radius 3 is 2.94 bits per heavy atom. The van der Waals surface area contributed by atoms with Gasteiger partial charge in [-0.25, -0.2) is 0 Å². The predicted molar refractivity (Wildman–Crippen MR) is 70.5 cm³/mol. The van der Waals surface area contributed by atoms with E-state index in [2.05, 4.69) is 47.3 Å². The molecule has 3 nitrogen and oxygen atoms in total. The van der Waals surface area contributed by atoms with Crippen LogP contribution < -0.4 is 0 Å². The van der Waals surface area contributed by atoms with Gasteiger partial charge in [-0.3, -0.25) is 4.90 Å². The molecule has 4 atom stereocenters. The molecule has 2 heterocycles. The Balaban J connectivity index is 1.64. The van der Waals surface area contributed by atoms with Crippen molar-refractivity contribution < 1.29 is 4.84 Å². The van der Waals surface area contributed by atoms with Crippen molar-refractivity contribution in [1.29, 1.82) is 0 Å². The summed E-state index contributed by atoms with van der Waals surface area (Å²) >= 11 is 0. The fraction of sp³-hybridized carbons (Fsp3) is 0.533. The van der Waals surface area contributed by atoms with Crippen molar-refractivity contribution in [3.05, 3.63) is 35.9 Å². The molecular weight excluding hydrogens is 224 g/mol. The Morgan fingerprint density at radius 1 is 1.33 bits per heavy atom. The van der Waals surface area contributed by atoms with Crippen LogP contribution in [0.3, 0.4) is 0 Å². The Bertz CT molecular complexity index is 483. The molecule has 1 saturated heterocycles. The van der Waals surface area contributed by atoms with Crippen LogP contribution in [0.25, 0.3) is 0 Å². The van der Waals surface area contributed by atoms with Gasteiger partial charge < -0.3 is 4.84 Å². The first-order chi connectivity index (χ1) is 8.88. The molecule has 0 aromatic heterocycles. The summed E-state index contributed by atoms with van der Waals surface area (Å²) in [6, 6.07) is 11.1. The molecule has 0 unspecified atom stereocenters. The van der Waals surface area contributed by atoms with Crippen molar-refractivity contribution in [3.8, 4) is 0 Å². The van der Waals surface area contributed by atoms with E-state index in [1.807, 2.05) is 0 Å². The van der Waals surface area contributed by atoms with Crippen molar-refractivity contribution in [2.24, 2.45) is 17.0 Å². The lowest BCUT2D eigenvalue weighted by molar-refractivity contribution is -0.00200. The molecule has 1 aliphatic carbocycles. The topological polar surface area (TPSA) is 24.8 Å². The molecule has 0 N–H and O–H groups in total. The highest BCUT2D eigenvalue weighted by molar-refractivity contribution is 6.03. The van der Waals surface area contributed by atoms with Crippen LogP contribution in [-0.2, 0) is 4.84 Å². The predicted octanol–water partition coefficient (Wildman–Crippen LogP) is 2.13. The molecule has 1 aromatic rings. The van der Waals surface area contributed by atoms with Crippen molar-refractivity contribution >= 4 is 5.71 Å². The molecule has 1 aromatic carbocycles. The second-order valence-electron chi connectivity index (χ2n) is 5.59. The number of likely N-dealkylation sites (tertiary alicyclic amines) is 1. The highest BCUT2D eigenvalue weighted by Crippen LogP contribution is 2.47. The number of hydrogen-bond donors (Lipinski definition) is 0. The number of rotatable bonds is 2. The molecule has 0 amide bonds. The minimum absolute atomic E-state index is 0.305. The standard InChI is InChI=1S/C15H18N2O/c1-2-17-9-11-8-12(17)15-13(11)14(16-18-15)10-6-4-3-5-7-10/h3-7,11-13,15H,2,8-9H2,1H3/t11-,12-,13+,15+/m0/s1. The maximum Gasteiger partial charge on any atom is 0.151 e. The van der Waals surface area contributed by atoms with E-state index in [9.17, 15) is 0 Å². The first-order valence-corrected chi connectivity index (χ1v) is 6.91. The molecule has 0 spiro atoms. The highest BCUT2D eigenvalue weighted by atomic mass is 16.6. The Hall–Kier alpha value is -1.35. The number of hydrogen-bond acceptors (Lipinski definition) is 3. The van der Waals surface area contributed by atoms with Crippen molar-refractivity contribution in [2.75, 3.05) is 13.1 Å². The molecular formula is C15H18N2O. The lowest BCUT2D eigenvalue weighted by Crippen LogP contribution is -2.46. The normalized spacial score (nSPS) is 37.5. The van der Waals surface area contributed by atoms with Crippen molar-refractivity contribution in [1.82, 2.24) is 4.90 Å². The van der Waals surface area contributed by atoms with Gasteiger partial charge in [0, 0.05) is 6.54 Å². The van der Waals surface area contributed by atoms with Crippen LogP contribution in [-0.4, -0.2) is 35.8 Å². The van der Waals surface area contributed by atoms with Crippen LogP contribution >= 0.6 is 0 Å². The number of piperidine rings is 1. The first kappa shape index (κ1) is 10.6. The smallest absolute Gasteiger partial charge is 0.151 e. The van der Waals surface area contributed by atoms with Crippen LogP contribution in [0.4, 0.5) is 0 Å². The van der Waals surface area contributed by atoms with E-state index < -0.39 is 0 Å². The summed E-state index contributed by atoms with van der Waals surface area (Å²) in [5.41, 5.74) is 2.42. The molecule has 4 rings (SSSR count). The van der Waals surface area contributed by atoms with Crippen LogP contribution in [0.2, 0.25) is 0 Å². The van der Waals surface area contributed by atoms with Gasteiger partial charge in [0.1, 0.15) is 0 Å². The van der Waals surface area contributed by atoms with Crippen LogP contribution in [0.1, 0.15) is 18.9 Å². The third-order valence-corrected chi connectivity index (χ3v) is 4.79. The zero-order valence-electron chi connectivity index (χ0n) is 10.6. The first-order valence-electron chi connectivity index (χ1n) is 6.91. The molecule has 3 aliphatic rings. The summed E-state index contributed by atoms with van der Waals surface area (Å²) < 4.78 is 0. The van der Waals surface area contributed by atoms with Crippen molar-refractivity contribution in [2.45, 2.75) is 25.5 Å². The molecule has 18 heavy (non-hydrogen) atoms. The van der Waals surface area contributed by atoms with Gasteiger partial charge in [0.2, 0.25) is 0 Å². The molecule has 1 saturated carbocycles. The summed E-state index contributed by atoms with van der Waals surface area (Å²) in [6.45, 7) is 4.59. The summed E-state index contributed by atoms with van der Waals surface area (Å²) in [5.74, 6) is 1.27. The molecule has 2 aliphatic heterocycles. The van der Waals surface area contributed by atoms with Gasteiger partial charge in [0.05, 0.1) is 17.7 Å². The van der Waals surface area contributed by atoms with Gasteiger partial charge in [-0.2, -0.15) is 0 Å². The van der Waals surface area contributed by atoms with E-state index in [1.165, 1.54) is 24.2 Å². The Labute approximate surface area is 107 Å². The van der Waals surface area contributed by atoms with Gasteiger partial charge in [0.25, 0.3) is 0 Å². The number of oxime groups is 1. The molecule has 94 valence electrons. The molecule has 0 radical (unpaired) electrons. The lowest BCUT2D eigenvalue weighted by Gasteiger charge is -2.32. The van der Waals surface area contributed by atoms with Gasteiger partial charge in [-0.05, 0) is 24.4 Å². The van der Waals surface area contributed by atoms with Crippen molar-refractivity contribution in [3.63, 3.8) is 0 Å². The van der Waals surface area contributed by atoms with E-state index >= 15 is 0 Å². The maximum atomic E-state index is 5.76. The SMILES string of the molecule is CCN1C[C@@H]2C[C@H]1[C@H]1ON=C(c3ccccc3)[C@@H]21. The van der Waals surface area contributed by atoms with Gasteiger partial charge in [-0.1, -0.05) is 42.4 Å². The van der Waals surface area contributed by atoms with Gasteiger partial charge >= 0.3 is 0 Å². The quantitative estimate of drug-likeness (QED) is 0.793. The third kappa shape index (κ3) is 1.31. The average molecular weight is 242 g/mol. The van der Waals surface area contributed by atoms with E-state index in [0.29, 0.717) is 18.1 Å². The second kappa shape index (κ2) is 3.82. The van der Waals surface area contributed by atoms with Crippen LogP contribution in [0.5, 0.6) is 0 Å². The average Bonchev–Trinajstić information content (AvgIpc) is 3.10. The lowest BCUT2D eigenvalue weighted by atomic mass is 9.85. The van der Waals surface area contributed by atoms with Gasteiger partial charge in [-0.15, -0.1) is 0 Å². The molecule has 3 heteroatoms. The number of nitrogens with zero attached hydrogens (tertiary/aromatic N) is 2. The third-order valence-electron chi connectivity index (χ3n) is 4.79. The van der Waals surface area contributed by atoms with Crippen LogP contribution in [0, 0.1) is 11.8 Å². The summed E-state index contributed by atoms with van der Waals surface area (Å²) in [5, 5.41) is 4.39. The van der Waals surface area contributed by atoms with Gasteiger partial charge in [0.15, 0.2) is 6.10 Å². The van der Waals surface area contributed by atoms with E-state index in [0.717, 1.165) is 12.5 Å². The minimum Gasteiger partial charge on any atom is -0.390 e. The Kier molecular flexibility index (Phi) is 2.24. The zero-order chi connectivity index (χ0) is 12.1. The van der Waals surface area contributed by atoms with Crippen LogP contribution in [0.15, 0.2) is 35.5 Å². The number of fused-ring (bicyclic) bond motifs is 5.